The molecule has 6 heteroatoms. The Morgan fingerprint density at radius 3 is 2.80 bits per heavy atom. The van der Waals surface area contributed by atoms with Crippen LogP contribution in [0.5, 0.6) is 0 Å². The quantitative estimate of drug-likeness (QED) is 0.756. The predicted molar refractivity (Wildman–Crippen MR) is 77.7 cm³/mol. The third-order valence-electron chi connectivity index (χ3n) is 4.16. The fourth-order valence-corrected chi connectivity index (χ4v) is 3.30. The lowest BCUT2D eigenvalue weighted by atomic mass is 10.1. The number of hydrogen-bond acceptors (Lipinski definition) is 5. The Morgan fingerprint density at radius 1 is 1.25 bits per heavy atom. The summed E-state index contributed by atoms with van der Waals surface area (Å²) in [6.45, 7) is 0. The minimum absolute atomic E-state index is 0.0451. The molecule has 1 fully saturated rings. The van der Waals surface area contributed by atoms with Crippen LogP contribution >= 0.6 is 0 Å². The van der Waals surface area contributed by atoms with Crippen molar-refractivity contribution in [1.82, 2.24) is 9.55 Å². The van der Waals surface area contributed by atoms with Crippen LogP contribution in [0.4, 0.5) is 5.95 Å². The van der Waals surface area contributed by atoms with Gasteiger partial charge in [-0.05, 0) is 37.8 Å². The van der Waals surface area contributed by atoms with E-state index in [1.54, 1.807) is 4.57 Å². The fourth-order valence-electron chi connectivity index (χ4n) is 3.30. The molecule has 0 amide bonds. The van der Waals surface area contributed by atoms with E-state index >= 15 is 0 Å². The molecule has 1 aliphatic carbocycles. The third-order valence-corrected chi connectivity index (χ3v) is 4.16. The van der Waals surface area contributed by atoms with E-state index in [2.05, 4.69) is 15.3 Å². The molecule has 1 spiro atoms. The summed E-state index contributed by atoms with van der Waals surface area (Å²) in [5, 5.41) is 3.55. The first-order chi connectivity index (χ1) is 9.70. The van der Waals surface area contributed by atoms with Gasteiger partial charge in [0.2, 0.25) is 5.95 Å². The van der Waals surface area contributed by atoms with Gasteiger partial charge in [-0.15, -0.1) is 0 Å². The topological polar surface area (TPSA) is 85.3 Å². The molecule has 1 aromatic carbocycles. The molecule has 1 aliphatic heterocycles. The Balaban J connectivity index is 2.09. The maximum absolute atomic E-state index is 12.8. The van der Waals surface area contributed by atoms with Gasteiger partial charge >= 0.3 is 0 Å². The summed E-state index contributed by atoms with van der Waals surface area (Å²) in [5.74, 6) is 0.845. The average molecular weight is 269 g/mol. The normalized spacial score (nSPS) is 19.7. The van der Waals surface area contributed by atoms with Crippen molar-refractivity contribution < 1.29 is 0 Å². The molecule has 1 saturated carbocycles. The number of hydrogen-bond donors (Lipinski definition) is 2. The number of aromatic nitrogens is 2. The van der Waals surface area contributed by atoms with Crippen LogP contribution in [0.1, 0.15) is 25.7 Å². The summed E-state index contributed by atoms with van der Waals surface area (Å²) in [7, 11) is 0. The number of fused-ring (bicyclic) bond motifs is 3. The Morgan fingerprint density at radius 2 is 2.00 bits per heavy atom. The highest BCUT2D eigenvalue weighted by atomic mass is 16.1. The number of aliphatic imine (C=N–C) groups is 1. The first-order valence-electron chi connectivity index (χ1n) is 6.84. The Labute approximate surface area is 115 Å². The Kier molecular flexibility index (Phi) is 2.19. The van der Waals surface area contributed by atoms with E-state index in [0.29, 0.717) is 22.8 Å². The van der Waals surface area contributed by atoms with E-state index in [1.165, 1.54) is 0 Å². The van der Waals surface area contributed by atoms with Crippen LogP contribution in [0.25, 0.3) is 10.9 Å². The van der Waals surface area contributed by atoms with Crippen molar-refractivity contribution in [3.8, 4) is 0 Å². The van der Waals surface area contributed by atoms with Gasteiger partial charge in [-0.2, -0.15) is 0 Å². The minimum atomic E-state index is -0.543. The number of rotatable bonds is 0. The van der Waals surface area contributed by atoms with E-state index in [-0.39, 0.29) is 5.56 Å². The molecule has 6 nitrogen and oxygen atoms in total. The first-order valence-corrected chi connectivity index (χ1v) is 6.84. The van der Waals surface area contributed by atoms with E-state index in [0.717, 1.165) is 25.7 Å². The molecule has 0 radical (unpaired) electrons. The van der Waals surface area contributed by atoms with E-state index in [9.17, 15) is 4.79 Å². The Bertz CT molecular complexity index is 786. The number of nitrogens with two attached hydrogens (primary N) is 1. The largest absolute Gasteiger partial charge is 0.370 e. The van der Waals surface area contributed by atoms with Gasteiger partial charge in [-0.25, -0.2) is 9.98 Å². The van der Waals surface area contributed by atoms with Gasteiger partial charge in [0, 0.05) is 0 Å². The number of nitrogens with zero attached hydrogens (tertiary/aromatic N) is 3. The summed E-state index contributed by atoms with van der Waals surface area (Å²) >= 11 is 0. The molecule has 2 aromatic rings. The van der Waals surface area contributed by atoms with Crippen molar-refractivity contribution in [2.24, 2.45) is 10.7 Å². The lowest BCUT2D eigenvalue weighted by Crippen LogP contribution is -2.46. The summed E-state index contributed by atoms with van der Waals surface area (Å²) < 4.78 is 1.69. The number of para-hydroxylation sites is 1. The van der Waals surface area contributed by atoms with Gasteiger partial charge in [-0.1, -0.05) is 12.1 Å². The summed E-state index contributed by atoms with van der Waals surface area (Å²) in [6.07, 6.45) is 3.77. The van der Waals surface area contributed by atoms with Gasteiger partial charge in [0.05, 0.1) is 10.9 Å². The number of guanidine groups is 1. The predicted octanol–water partition coefficient (Wildman–Crippen LogP) is 1.36. The summed E-state index contributed by atoms with van der Waals surface area (Å²) in [5.41, 5.74) is 5.97. The van der Waals surface area contributed by atoms with Crippen LogP contribution in [0.3, 0.4) is 0 Å². The number of nitrogens with one attached hydrogen (secondary N) is 1. The number of anilines is 1. The zero-order valence-electron chi connectivity index (χ0n) is 11.0. The number of benzene rings is 1. The average Bonchev–Trinajstić information content (AvgIpc) is 2.86. The zero-order chi connectivity index (χ0) is 13.7. The maximum atomic E-state index is 12.8. The SMILES string of the molecule is NC1=NC2(CCCC2)n2c(nc3ccccc3c2=O)N1. The summed E-state index contributed by atoms with van der Waals surface area (Å²) in [6, 6.07) is 7.37. The molecular formula is C14H15N5O. The van der Waals surface area contributed by atoms with Gasteiger partial charge in [0.25, 0.3) is 5.56 Å². The summed E-state index contributed by atoms with van der Waals surface area (Å²) in [4.78, 5) is 21.9. The van der Waals surface area contributed by atoms with Crippen molar-refractivity contribution in [2.45, 2.75) is 31.3 Å². The fraction of sp³-hybridized carbons (Fsp3) is 0.357. The first kappa shape index (κ1) is 11.5. The second kappa shape index (κ2) is 3.82. The molecular weight excluding hydrogens is 254 g/mol. The van der Waals surface area contributed by atoms with Crippen molar-refractivity contribution in [2.75, 3.05) is 5.32 Å². The van der Waals surface area contributed by atoms with Crippen LogP contribution < -0.4 is 16.6 Å². The van der Waals surface area contributed by atoms with Gasteiger partial charge in [0.1, 0.15) is 5.66 Å². The highest BCUT2D eigenvalue weighted by Crippen LogP contribution is 2.40. The lowest BCUT2D eigenvalue weighted by molar-refractivity contribution is 0.298. The second-order valence-electron chi connectivity index (χ2n) is 5.40. The second-order valence-corrected chi connectivity index (χ2v) is 5.40. The van der Waals surface area contributed by atoms with Gasteiger partial charge in [0.15, 0.2) is 5.96 Å². The lowest BCUT2D eigenvalue weighted by Gasteiger charge is -2.33. The Hall–Kier alpha value is -2.37. The molecule has 0 bridgehead atoms. The highest BCUT2D eigenvalue weighted by molar-refractivity contribution is 5.93. The molecule has 0 atom stereocenters. The third kappa shape index (κ3) is 1.41. The van der Waals surface area contributed by atoms with E-state index < -0.39 is 5.66 Å². The molecule has 3 N–H and O–H groups in total. The standard InChI is InChI=1S/C14H15N5O/c15-12-17-13-16-10-6-2-1-5-9(10)11(20)19(13)14(18-12)7-3-4-8-14/h1-2,5-6H,3-4,7-8H2,(H3,15,16,17,18). The van der Waals surface area contributed by atoms with Crippen LogP contribution in [0.15, 0.2) is 34.1 Å². The molecule has 2 aliphatic rings. The molecule has 0 unspecified atom stereocenters. The van der Waals surface area contributed by atoms with Gasteiger partial charge < -0.3 is 5.73 Å². The van der Waals surface area contributed by atoms with Gasteiger partial charge in [-0.3, -0.25) is 14.7 Å². The molecule has 102 valence electrons. The van der Waals surface area contributed by atoms with Crippen molar-refractivity contribution in [3.05, 3.63) is 34.6 Å². The minimum Gasteiger partial charge on any atom is -0.370 e. The monoisotopic (exact) mass is 269 g/mol. The smallest absolute Gasteiger partial charge is 0.264 e. The molecule has 4 rings (SSSR count). The molecule has 20 heavy (non-hydrogen) atoms. The molecule has 1 aromatic heterocycles. The molecule has 2 heterocycles. The highest BCUT2D eigenvalue weighted by Gasteiger charge is 2.41. The molecule has 0 saturated heterocycles. The van der Waals surface area contributed by atoms with E-state index in [4.69, 9.17) is 5.73 Å². The van der Waals surface area contributed by atoms with Crippen LogP contribution in [0, 0.1) is 0 Å². The van der Waals surface area contributed by atoms with Crippen LogP contribution in [-0.2, 0) is 5.66 Å². The van der Waals surface area contributed by atoms with E-state index in [1.807, 2.05) is 24.3 Å². The van der Waals surface area contributed by atoms with Crippen LogP contribution in [-0.4, -0.2) is 15.5 Å². The van der Waals surface area contributed by atoms with Crippen molar-refractivity contribution in [3.63, 3.8) is 0 Å². The maximum Gasteiger partial charge on any atom is 0.264 e. The van der Waals surface area contributed by atoms with Crippen molar-refractivity contribution in [1.29, 1.82) is 0 Å². The van der Waals surface area contributed by atoms with Crippen molar-refractivity contribution >= 4 is 22.8 Å². The zero-order valence-corrected chi connectivity index (χ0v) is 11.0. The van der Waals surface area contributed by atoms with Crippen LogP contribution in [0.2, 0.25) is 0 Å².